The molecule has 9 heteroatoms. The molecule has 1 aliphatic heterocycles. The van der Waals surface area contributed by atoms with Gasteiger partial charge in [-0.15, -0.1) is 0 Å². The van der Waals surface area contributed by atoms with Crippen LogP contribution in [0.1, 0.15) is 36.8 Å². The first-order chi connectivity index (χ1) is 18.0. The maximum absolute atomic E-state index is 14.9. The van der Waals surface area contributed by atoms with Crippen molar-refractivity contribution in [2.24, 2.45) is 0 Å². The number of amides is 1. The van der Waals surface area contributed by atoms with Crippen LogP contribution in [-0.2, 0) is 4.79 Å². The van der Waals surface area contributed by atoms with E-state index >= 15 is 0 Å². The van der Waals surface area contributed by atoms with Crippen LogP contribution in [0.15, 0.2) is 85.2 Å². The minimum atomic E-state index is -0.363. The van der Waals surface area contributed by atoms with Gasteiger partial charge >= 0.3 is 0 Å². The number of methoxy groups -OCH3 is 1. The molecule has 3 heterocycles. The molecule has 5 rings (SSSR count). The summed E-state index contributed by atoms with van der Waals surface area (Å²) in [6, 6.07) is 21.1. The number of hydrogen-bond acceptors (Lipinski definition) is 4. The number of ether oxygens (including phenoxy) is 1. The van der Waals surface area contributed by atoms with Gasteiger partial charge in [-0.25, -0.2) is 4.39 Å². The lowest BCUT2D eigenvalue weighted by Crippen LogP contribution is -2.30. The van der Waals surface area contributed by atoms with Gasteiger partial charge in [0, 0.05) is 36.3 Å². The van der Waals surface area contributed by atoms with E-state index in [2.05, 4.69) is 15.6 Å². The molecule has 2 atom stereocenters. The van der Waals surface area contributed by atoms with Gasteiger partial charge in [0.15, 0.2) is 5.11 Å². The molecular formula is C28H26FN5O2S. The van der Waals surface area contributed by atoms with E-state index in [1.165, 1.54) is 6.07 Å². The van der Waals surface area contributed by atoms with Crippen molar-refractivity contribution in [3.05, 3.63) is 102 Å². The Bertz CT molecular complexity index is 1440. The largest absolute Gasteiger partial charge is 0.494 e. The third-order valence-corrected chi connectivity index (χ3v) is 6.67. The summed E-state index contributed by atoms with van der Waals surface area (Å²) >= 11 is 5.83. The third kappa shape index (κ3) is 4.65. The lowest BCUT2D eigenvalue weighted by Gasteiger charge is -2.29. The van der Waals surface area contributed by atoms with Gasteiger partial charge in [0.25, 0.3) is 0 Å². The summed E-state index contributed by atoms with van der Waals surface area (Å²) in [6.07, 6.45) is 3.93. The number of rotatable bonds is 7. The van der Waals surface area contributed by atoms with E-state index in [1.807, 2.05) is 64.2 Å². The number of thiocarbonyl (C=S) groups is 1. The SMILES string of the molecule is CCC(=O)Nc1ccc(N2C(=S)N[C@H](c3ccccn3)[C@H]2c2cccn2-c2ccccc2F)cc1OC. The summed E-state index contributed by atoms with van der Waals surface area (Å²) in [5.41, 5.74) is 3.40. The Hall–Kier alpha value is -4.24. The summed E-state index contributed by atoms with van der Waals surface area (Å²) < 4.78 is 22.3. The summed E-state index contributed by atoms with van der Waals surface area (Å²) in [5, 5.41) is 6.78. The van der Waals surface area contributed by atoms with E-state index in [0.29, 0.717) is 28.7 Å². The quantitative estimate of drug-likeness (QED) is 0.315. The lowest BCUT2D eigenvalue weighted by atomic mass is 10.0. The number of halogens is 1. The Balaban J connectivity index is 1.64. The molecule has 2 N–H and O–H groups in total. The lowest BCUT2D eigenvalue weighted by molar-refractivity contribution is -0.115. The molecule has 2 aromatic carbocycles. The van der Waals surface area contributed by atoms with Gasteiger partial charge < -0.3 is 24.8 Å². The van der Waals surface area contributed by atoms with Crippen LogP contribution in [-0.4, -0.2) is 27.7 Å². The first-order valence-corrected chi connectivity index (χ1v) is 12.3. The van der Waals surface area contributed by atoms with E-state index in [1.54, 1.807) is 38.4 Å². The van der Waals surface area contributed by atoms with Crippen LogP contribution in [0.3, 0.4) is 0 Å². The van der Waals surface area contributed by atoms with Crippen molar-refractivity contribution in [3.63, 3.8) is 0 Å². The van der Waals surface area contributed by atoms with Crippen LogP contribution < -0.4 is 20.3 Å². The fourth-order valence-corrected chi connectivity index (χ4v) is 4.95. The van der Waals surface area contributed by atoms with Crippen LogP contribution >= 0.6 is 12.2 Å². The predicted octanol–water partition coefficient (Wildman–Crippen LogP) is 5.55. The molecule has 1 fully saturated rings. The maximum atomic E-state index is 14.9. The van der Waals surface area contributed by atoms with Crippen molar-refractivity contribution < 1.29 is 13.9 Å². The number of pyridine rings is 1. The van der Waals surface area contributed by atoms with E-state index in [0.717, 1.165) is 17.1 Å². The molecule has 188 valence electrons. The summed E-state index contributed by atoms with van der Waals surface area (Å²) in [7, 11) is 1.55. The zero-order chi connectivity index (χ0) is 25.9. The molecular weight excluding hydrogens is 489 g/mol. The second kappa shape index (κ2) is 10.4. The number of nitrogens with zero attached hydrogens (tertiary/aromatic N) is 3. The molecule has 0 spiro atoms. The van der Waals surface area contributed by atoms with Gasteiger partial charge in [-0.2, -0.15) is 0 Å². The molecule has 2 aromatic heterocycles. The van der Waals surface area contributed by atoms with Crippen molar-refractivity contribution in [2.75, 3.05) is 17.3 Å². The predicted molar refractivity (Wildman–Crippen MR) is 146 cm³/mol. The number of carbonyl (C=O) groups excluding carboxylic acids is 1. The Labute approximate surface area is 219 Å². The standard InChI is InChI=1S/C28H26FN5O2S/c1-3-25(35)31-20-14-13-18(17-24(20)36-2)34-27(26(32-28(34)37)21-10-6-7-15-30-21)23-12-8-16-33(23)22-11-5-4-9-19(22)29/h4-17,26-27H,3H2,1-2H3,(H,31,35)(H,32,37)/t26-,27-/m1/s1. The normalized spacial score (nSPS) is 16.9. The second-order valence-electron chi connectivity index (χ2n) is 8.54. The minimum absolute atomic E-state index is 0.111. The van der Waals surface area contributed by atoms with Crippen molar-refractivity contribution >= 4 is 34.6 Å². The number of hydrogen-bond donors (Lipinski definition) is 2. The van der Waals surface area contributed by atoms with Crippen molar-refractivity contribution in [1.29, 1.82) is 0 Å². The van der Waals surface area contributed by atoms with Crippen LogP contribution in [0.2, 0.25) is 0 Å². The molecule has 0 unspecified atom stereocenters. The van der Waals surface area contributed by atoms with Gasteiger partial charge in [-0.3, -0.25) is 9.78 Å². The third-order valence-electron chi connectivity index (χ3n) is 6.35. The number of nitrogens with one attached hydrogen (secondary N) is 2. The topological polar surface area (TPSA) is 71.4 Å². The molecule has 7 nitrogen and oxygen atoms in total. The van der Waals surface area contributed by atoms with Gasteiger partial charge in [-0.1, -0.05) is 25.1 Å². The van der Waals surface area contributed by atoms with Gasteiger partial charge in [-0.05, 0) is 60.7 Å². The Morgan fingerprint density at radius 1 is 1.14 bits per heavy atom. The van der Waals surface area contributed by atoms with Crippen LogP contribution in [0.25, 0.3) is 5.69 Å². The average Bonchev–Trinajstić information content (AvgIpc) is 3.53. The molecule has 37 heavy (non-hydrogen) atoms. The molecule has 4 aromatic rings. The summed E-state index contributed by atoms with van der Waals surface area (Å²) in [5.74, 6) is 0.0685. The monoisotopic (exact) mass is 515 g/mol. The fraction of sp³-hybridized carbons (Fsp3) is 0.179. The fourth-order valence-electron chi connectivity index (χ4n) is 4.61. The molecule has 0 radical (unpaired) electrons. The summed E-state index contributed by atoms with van der Waals surface area (Å²) in [4.78, 5) is 18.6. The number of carbonyl (C=O) groups is 1. The van der Waals surface area contributed by atoms with Crippen LogP contribution in [0.5, 0.6) is 5.75 Å². The minimum Gasteiger partial charge on any atom is -0.494 e. The molecule has 0 aliphatic carbocycles. The molecule has 1 aliphatic rings. The molecule has 1 saturated heterocycles. The number of anilines is 2. The van der Waals surface area contributed by atoms with E-state index in [-0.39, 0.29) is 23.8 Å². The van der Waals surface area contributed by atoms with E-state index in [9.17, 15) is 9.18 Å². The van der Waals surface area contributed by atoms with Crippen molar-refractivity contribution in [2.45, 2.75) is 25.4 Å². The molecule has 0 saturated carbocycles. The van der Waals surface area contributed by atoms with Crippen molar-refractivity contribution in [1.82, 2.24) is 14.9 Å². The van der Waals surface area contributed by atoms with Gasteiger partial charge in [0.2, 0.25) is 5.91 Å². The summed E-state index contributed by atoms with van der Waals surface area (Å²) in [6.45, 7) is 1.79. The zero-order valence-corrected chi connectivity index (χ0v) is 21.2. The first-order valence-electron chi connectivity index (χ1n) is 11.9. The molecule has 1 amide bonds. The second-order valence-corrected chi connectivity index (χ2v) is 8.92. The zero-order valence-electron chi connectivity index (χ0n) is 20.4. The number of para-hydroxylation sites is 1. The smallest absolute Gasteiger partial charge is 0.224 e. The van der Waals surface area contributed by atoms with E-state index in [4.69, 9.17) is 17.0 Å². The number of benzene rings is 2. The average molecular weight is 516 g/mol. The van der Waals surface area contributed by atoms with Gasteiger partial charge in [0.1, 0.15) is 17.6 Å². The highest BCUT2D eigenvalue weighted by Crippen LogP contribution is 2.44. The van der Waals surface area contributed by atoms with Crippen LogP contribution in [0.4, 0.5) is 15.8 Å². The Kier molecular flexibility index (Phi) is 6.87. The highest BCUT2D eigenvalue weighted by Gasteiger charge is 2.42. The van der Waals surface area contributed by atoms with Gasteiger partial charge in [0.05, 0.1) is 30.2 Å². The Morgan fingerprint density at radius 3 is 2.68 bits per heavy atom. The molecule has 0 bridgehead atoms. The Morgan fingerprint density at radius 2 is 1.95 bits per heavy atom. The first kappa shape index (κ1) is 24.5. The van der Waals surface area contributed by atoms with Crippen molar-refractivity contribution in [3.8, 4) is 11.4 Å². The number of aromatic nitrogens is 2. The van der Waals surface area contributed by atoms with E-state index < -0.39 is 0 Å². The van der Waals surface area contributed by atoms with Crippen LogP contribution in [0, 0.1) is 5.82 Å². The highest BCUT2D eigenvalue weighted by atomic mass is 32.1. The highest BCUT2D eigenvalue weighted by molar-refractivity contribution is 7.80. The maximum Gasteiger partial charge on any atom is 0.224 e.